The fourth-order valence-corrected chi connectivity index (χ4v) is 2.62. The molecule has 2 N–H and O–H groups in total. The van der Waals surface area contributed by atoms with Gasteiger partial charge in [0.25, 0.3) is 5.91 Å². The lowest BCUT2D eigenvalue weighted by atomic mass is 10.2. The van der Waals surface area contributed by atoms with E-state index in [2.05, 4.69) is 20.9 Å². The number of halogens is 1. The van der Waals surface area contributed by atoms with Crippen LogP contribution in [-0.2, 0) is 4.79 Å². The van der Waals surface area contributed by atoms with Crippen LogP contribution in [0.15, 0.2) is 50.8 Å². The van der Waals surface area contributed by atoms with Crippen molar-refractivity contribution in [3.05, 3.63) is 51.4 Å². The van der Waals surface area contributed by atoms with Gasteiger partial charge in [0, 0.05) is 4.48 Å². The minimum atomic E-state index is -0.286. The minimum absolute atomic E-state index is 0.286. The Hall–Kier alpha value is -1.33. The molecule has 17 heavy (non-hydrogen) atoms. The van der Waals surface area contributed by atoms with Gasteiger partial charge in [-0.25, -0.2) is 0 Å². The Morgan fingerprint density at radius 1 is 1.35 bits per heavy atom. The second-order valence-electron chi connectivity index (χ2n) is 3.31. The molecule has 3 nitrogen and oxygen atoms in total. The standard InChI is InChI=1S/C12H9BrN2OS/c13-9(6-8-4-2-1-3-5-8)7-10-11(16)15-12(14)17-10/h1-7H,(H2,14,15,16)/b9-6-,10-7+. The summed E-state index contributed by atoms with van der Waals surface area (Å²) in [5.74, 6) is -0.286. The third kappa shape index (κ3) is 3.31. The maximum atomic E-state index is 11.4. The molecule has 1 heterocycles. The summed E-state index contributed by atoms with van der Waals surface area (Å²) in [4.78, 5) is 15.5. The number of nitrogens with two attached hydrogens (primary N) is 1. The predicted octanol–water partition coefficient (Wildman–Crippen LogP) is 2.89. The van der Waals surface area contributed by atoms with Crippen molar-refractivity contribution in [3.8, 4) is 0 Å². The smallest absolute Gasteiger partial charge is 0.286 e. The molecule has 1 aromatic carbocycles. The van der Waals surface area contributed by atoms with Crippen LogP contribution < -0.4 is 5.73 Å². The molecule has 0 spiro atoms. The van der Waals surface area contributed by atoms with Crippen LogP contribution in [0.25, 0.3) is 6.08 Å². The topological polar surface area (TPSA) is 55.4 Å². The van der Waals surface area contributed by atoms with Crippen molar-refractivity contribution in [2.45, 2.75) is 0 Å². The molecule has 0 saturated heterocycles. The highest BCUT2D eigenvalue weighted by Crippen LogP contribution is 2.27. The number of aliphatic imine (C=N–C) groups is 1. The molecule has 0 aromatic heterocycles. The average Bonchev–Trinajstić information content (AvgIpc) is 2.58. The van der Waals surface area contributed by atoms with Crippen LogP contribution in [0.1, 0.15) is 5.56 Å². The highest BCUT2D eigenvalue weighted by Gasteiger charge is 2.19. The molecule has 5 heteroatoms. The van der Waals surface area contributed by atoms with E-state index >= 15 is 0 Å². The normalized spacial score (nSPS) is 18.6. The Morgan fingerprint density at radius 2 is 2.06 bits per heavy atom. The van der Waals surface area contributed by atoms with Gasteiger partial charge in [-0.15, -0.1) is 0 Å². The van der Waals surface area contributed by atoms with E-state index in [0.29, 0.717) is 10.1 Å². The lowest BCUT2D eigenvalue weighted by Crippen LogP contribution is -2.01. The van der Waals surface area contributed by atoms with E-state index < -0.39 is 0 Å². The highest BCUT2D eigenvalue weighted by molar-refractivity contribution is 9.12. The molecule has 0 unspecified atom stereocenters. The Bertz CT molecular complexity index is 535. The maximum Gasteiger partial charge on any atom is 0.286 e. The minimum Gasteiger partial charge on any atom is -0.378 e. The van der Waals surface area contributed by atoms with Crippen molar-refractivity contribution >= 4 is 44.8 Å². The lowest BCUT2D eigenvalue weighted by molar-refractivity contribution is -0.113. The van der Waals surface area contributed by atoms with E-state index in [1.54, 1.807) is 6.08 Å². The number of amidine groups is 1. The summed E-state index contributed by atoms with van der Waals surface area (Å²) in [5, 5.41) is 0.293. The van der Waals surface area contributed by atoms with Crippen molar-refractivity contribution in [1.29, 1.82) is 0 Å². The number of carbonyl (C=O) groups excluding carboxylic acids is 1. The van der Waals surface area contributed by atoms with Crippen LogP contribution in [0.3, 0.4) is 0 Å². The number of benzene rings is 1. The summed E-state index contributed by atoms with van der Waals surface area (Å²) in [5.41, 5.74) is 6.52. The van der Waals surface area contributed by atoms with Gasteiger partial charge in [-0.05, 0) is 29.5 Å². The maximum absolute atomic E-state index is 11.4. The average molecular weight is 309 g/mol. The van der Waals surface area contributed by atoms with Gasteiger partial charge in [-0.3, -0.25) is 4.79 Å². The summed E-state index contributed by atoms with van der Waals surface area (Å²) in [6.45, 7) is 0. The first-order chi connectivity index (χ1) is 8.15. The molecule has 86 valence electrons. The second kappa shape index (κ2) is 5.33. The summed E-state index contributed by atoms with van der Waals surface area (Å²) in [6.07, 6.45) is 3.65. The van der Waals surface area contributed by atoms with Crippen molar-refractivity contribution in [1.82, 2.24) is 0 Å². The van der Waals surface area contributed by atoms with E-state index in [-0.39, 0.29) is 5.91 Å². The molecule has 0 atom stereocenters. The van der Waals surface area contributed by atoms with Gasteiger partial charge in [0.15, 0.2) is 5.17 Å². The molecular weight excluding hydrogens is 300 g/mol. The first-order valence-electron chi connectivity index (χ1n) is 4.85. The Morgan fingerprint density at radius 3 is 2.65 bits per heavy atom. The number of hydrogen-bond donors (Lipinski definition) is 1. The van der Waals surface area contributed by atoms with Gasteiger partial charge in [0.2, 0.25) is 0 Å². The highest BCUT2D eigenvalue weighted by atomic mass is 79.9. The quantitative estimate of drug-likeness (QED) is 0.855. The Balaban J connectivity index is 2.18. The van der Waals surface area contributed by atoms with E-state index in [0.717, 1.165) is 10.0 Å². The van der Waals surface area contributed by atoms with Gasteiger partial charge in [-0.2, -0.15) is 4.99 Å². The van der Waals surface area contributed by atoms with Gasteiger partial charge in [0.1, 0.15) is 0 Å². The van der Waals surface area contributed by atoms with E-state index in [4.69, 9.17) is 5.73 Å². The molecule has 0 aliphatic carbocycles. The SMILES string of the molecule is NC1=NC(=O)/C(=C\C(Br)=C\c2ccccc2)S1. The van der Waals surface area contributed by atoms with Gasteiger partial charge in [0.05, 0.1) is 4.91 Å². The summed E-state index contributed by atoms with van der Waals surface area (Å²) in [7, 11) is 0. The number of thioether (sulfide) groups is 1. The van der Waals surface area contributed by atoms with Crippen molar-refractivity contribution in [3.63, 3.8) is 0 Å². The van der Waals surface area contributed by atoms with Gasteiger partial charge >= 0.3 is 0 Å². The molecule has 0 fully saturated rings. The zero-order valence-electron chi connectivity index (χ0n) is 8.76. The van der Waals surface area contributed by atoms with Crippen LogP contribution in [0.5, 0.6) is 0 Å². The summed E-state index contributed by atoms with van der Waals surface area (Å²) >= 11 is 4.58. The van der Waals surface area contributed by atoms with Gasteiger partial charge < -0.3 is 5.73 Å². The third-order valence-electron chi connectivity index (χ3n) is 2.01. The molecule has 0 saturated carbocycles. The summed E-state index contributed by atoms with van der Waals surface area (Å²) < 4.78 is 0.810. The van der Waals surface area contributed by atoms with Crippen LogP contribution in [0.4, 0.5) is 0 Å². The fraction of sp³-hybridized carbons (Fsp3) is 0. The predicted molar refractivity (Wildman–Crippen MR) is 75.6 cm³/mol. The number of amides is 1. The van der Waals surface area contributed by atoms with Crippen LogP contribution >= 0.6 is 27.7 Å². The Labute approximate surface area is 112 Å². The molecular formula is C12H9BrN2OS. The summed E-state index contributed by atoms with van der Waals surface area (Å²) in [6, 6.07) is 9.82. The van der Waals surface area contributed by atoms with Crippen LogP contribution in [0.2, 0.25) is 0 Å². The van der Waals surface area contributed by atoms with Crippen LogP contribution in [-0.4, -0.2) is 11.1 Å². The lowest BCUT2D eigenvalue weighted by Gasteiger charge is -1.95. The molecule has 1 aliphatic rings. The zero-order valence-corrected chi connectivity index (χ0v) is 11.2. The molecule has 1 aliphatic heterocycles. The van der Waals surface area contributed by atoms with Crippen molar-refractivity contribution in [2.75, 3.05) is 0 Å². The largest absolute Gasteiger partial charge is 0.378 e. The van der Waals surface area contributed by atoms with Crippen LogP contribution in [0, 0.1) is 0 Å². The monoisotopic (exact) mass is 308 g/mol. The first-order valence-corrected chi connectivity index (χ1v) is 6.46. The van der Waals surface area contributed by atoms with E-state index in [1.807, 2.05) is 36.4 Å². The molecule has 1 amide bonds. The molecule has 2 rings (SSSR count). The molecule has 0 radical (unpaired) electrons. The van der Waals surface area contributed by atoms with E-state index in [1.165, 1.54) is 11.8 Å². The van der Waals surface area contributed by atoms with Crippen molar-refractivity contribution < 1.29 is 4.79 Å². The number of nitrogens with zero attached hydrogens (tertiary/aromatic N) is 1. The van der Waals surface area contributed by atoms with Gasteiger partial charge in [-0.1, -0.05) is 46.3 Å². The number of hydrogen-bond acceptors (Lipinski definition) is 3. The van der Waals surface area contributed by atoms with Crippen molar-refractivity contribution in [2.24, 2.45) is 10.7 Å². The van der Waals surface area contributed by atoms with E-state index in [9.17, 15) is 4.79 Å². The molecule has 0 bridgehead atoms. The zero-order chi connectivity index (χ0) is 12.3. The molecule has 1 aromatic rings. The number of allylic oxidation sites excluding steroid dienone is 2. The number of rotatable bonds is 2. The fourth-order valence-electron chi connectivity index (χ4n) is 1.30. The second-order valence-corrected chi connectivity index (χ2v) is 5.28. The first kappa shape index (κ1) is 12.1. The Kier molecular flexibility index (Phi) is 3.81. The third-order valence-corrected chi connectivity index (χ3v) is 3.28. The number of carbonyl (C=O) groups is 1.